The fourth-order valence-corrected chi connectivity index (χ4v) is 3.33. The van der Waals surface area contributed by atoms with Gasteiger partial charge in [-0.1, -0.05) is 12.1 Å². The van der Waals surface area contributed by atoms with E-state index in [1.54, 1.807) is 6.92 Å². The number of fused-ring (bicyclic) bond motifs is 1. The number of hydrogen-bond donors (Lipinski definition) is 1. The molecule has 0 amide bonds. The molecular weight excluding hydrogens is 408 g/mol. The average Bonchev–Trinajstić information content (AvgIpc) is 3.08. The van der Waals surface area contributed by atoms with E-state index in [1.165, 1.54) is 18.3 Å². The number of halogens is 4. The number of H-pyrrole nitrogens is 1. The van der Waals surface area contributed by atoms with Gasteiger partial charge in [0.15, 0.2) is 0 Å². The first-order valence-electron chi connectivity index (χ1n) is 8.89. The number of esters is 1. The van der Waals surface area contributed by atoms with E-state index in [1.807, 2.05) is 0 Å². The maximum Gasteiger partial charge on any atom is 0.416 e. The molecule has 1 unspecified atom stereocenters. The van der Waals surface area contributed by atoms with Crippen LogP contribution in [0.15, 0.2) is 42.6 Å². The van der Waals surface area contributed by atoms with Crippen molar-refractivity contribution in [2.24, 2.45) is 0 Å². The van der Waals surface area contributed by atoms with Gasteiger partial charge in [0.1, 0.15) is 11.3 Å². The zero-order valence-corrected chi connectivity index (χ0v) is 15.6. The molecule has 0 saturated heterocycles. The van der Waals surface area contributed by atoms with Gasteiger partial charge in [-0.2, -0.15) is 13.2 Å². The lowest BCUT2D eigenvalue weighted by molar-refractivity contribution is -0.383. The number of aromatic amines is 1. The van der Waals surface area contributed by atoms with Crippen molar-refractivity contribution in [1.29, 1.82) is 0 Å². The summed E-state index contributed by atoms with van der Waals surface area (Å²) in [6, 6.07) is 6.05. The molecule has 158 valence electrons. The maximum atomic E-state index is 14.0. The summed E-state index contributed by atoms with van der Waals surface area (Å²) in [5.41, 5.74) is -0.609. The number of rotatable bonds is 6. The number of nitro benzene ring substituents is 1. The molecule has 3 rings (SSSR count). The van der Waals surface area contributed by atoms with Gasteiger partial charge in [-0.25, -0.2) is 4.39 Å². The fraction of sp³-hybridized carbons (Fsp3) is 0.250. The molecule has 2 aromatic carbocycles. The Morgan fingerprint density at radius 2 is 1.90 bits per heavy atom. The third-order valence-electron chi connectivity index (χ3n) is 4.65. The first-order chi connectivity index (χ1) is 14.1. The van der Waals surface area contributed by atoms with Crippen molar-refractivity contribution in [3.8, 4) is 0 Å². The largest absolute Gasteiger partial charge is 0.466 e. The third-order valence-corrected chi connectivity index (χ3v) is 4.65. The van der Waals surface area contributed by atoms with Crippen molar-refractivity contribution >= 4 is 22.6 Å². The van der Waals surface area contributed by atoms with Crippen molar-refractivity contribution in [2.45, 2.75) is 25.4 Å². The van der Waals surface area contributed by atoms with Crippen molar-refractivity contribution < 1.29 is 32.0 Å². The molecule has 0 fully saturated rings. The van der Waals surface area contributed by atoms with Gasteiger partial charge < -0.3 is 9.72 Å². The molecule has 6 nitrogen and oxygen atoms in total. The van der Waals surface area contributed by atoms with Crippen LogP contribution in [0.5, 0.6) is 0 Å². The number of benzene rings is 2. The molecule has 1 N–H and O–H groups in total. The van der Waals surface area contributed by atoms with Crippen LogP contribution in [0, 0.1) is 15.9 Å². The number of ether oxygens (including phenoxy) is 1. The summed E-state index contributed by atoms with van der Waals surface area (Å²) in [6.45, 7) is 1.71. The first kappa shape index (κ1) is 21.3. The minimum Gasteiger partial charge on any atom is -0.466 e. The van der Waals surface area contributed by atoms with Gasteiger partial charge in [-0.05, 0) is 36.2 Å². The molecular formula is C20H16F4N2O4. The molecule has 0 spiro atoms. The lowest BCUT2D eigenvalue weighted by Gasteiger charge is -2.17. The Morgan fingerprint density at radius 1 is 1.23 bits per heavy atom. The van der Waals surface area contributed by atoms with Gasteiger partial charge in [0.2, 0.25) is 0 Å². The molecule has 0 aliphatic heterocycles. The number of hydrogen-bond acceptors (Lipinski definition) is 4. The van der Waals surface area contributed by atoms with E-state index in [0.717, 1.165) is 24.3 Å². The SMILES string of the molecule is CCOC(=O)CC(c1ccc(C(F)(F)F)cc1)c1c[nH]c2c([N+](=O)[O-])cc(F)cc12. The maximum absolute atomic E-state index is 14.0. The van der Waals surface area contributed by atoms with Gasteiger partial charge in [0.05, 0.1) is 29.6 Å². The summed E-state index contributed by atoms with van der Waals surface area (Å²) in [4.78, 5) is 25.4. The third kappa shape index (κ3) is 4.27. The molecule has 0 aliphatic rings. The average molecular weight is 424 g/mol. The quantitative estimate of drug-likeness (QED) is 0.251. The molecule has 0 bridgehead atoms. The molecule has 0 radical (unpaired) electrons. The highest BCUT2D eigenvalue weighted by molar-refractivity contribution is 5.92. The van der Waals surface area contributed by atoms with Crippen molar-refractivity contribution in [2.75, 3.05) is 6.61 Å². The van der Waals surface area contributed by atoms with Crippen LogP contribution in [0.25, 0.3) is 10.9 Å². The second kappa shape index (κ2) is 8.13. The number of nitrogens with zero attached hydrogens (tertiary/aromatic N) is 1. The molecule has 30 heavy (non-hydrogen) atoms. The highest BCUT2D eigenvalue weighted by atomic mass is 19.4. The predicted molar refractivity (Wildman–Crippen MR) is 99.4 cm³/mol. The summed E-state index contributed by atoms with van der Waals surface area (Å²) in [6.07, 6.45) is -3.38. The Morgan fingerprint density at radius 3 is 2.47 bits per heavy atom. The number of alkyl halides is 3. The van der Waals surface area contributed by atoms with Crippen LogP contribution < -0.4 is 0 Å². The molecule has 3 aromatic rings. The normalized spacial score (nSPS) is 12.7. The topological polar surface area (TPSA) is 85.2 Å². The molecule has 0 aliphatic carbocycles. The van der Waals surface area contributed by atoms with Crippen LogP contribution in [0.3, 0.4) is 0 Å². The second-order valence-electron chi connectivity index (χ2n) is 6.53. The van der Waals surface area contributed by atoms with Crippen LogP contribution in [0.4, 0.5) is 23.2 Å². The smallest absolute Gasteiger partial charge is 0.416 e. The van der Waals surface area contributed by atoms with Gasteiger partial charge in [-0.3, -0.25) is 14.9 Å². The summed E-state index contributed by atoms with van der Waals surface area (Å²) < 4.78 is 57.6. The molecule has 1 atom stereocenters. The first-order valence-corrected chi connectivity index (χ1v) is 8.89. The highest BCUT2D eigenvalue weighted by Crippen LogP contribution is 2.38. The fourth-order valence-electron chi connectivity index (χ4n) is 3.33. The minimum absolute atomic E-state index is 0.0529. The number of carbonyl (C=O) groups is 1. The van der Waals surface area contributed by atoms with Crippen LogP contribution in [-0.2, 0) is 15.7 Å². The number of nitrogens with one attached hydrogen (secondary N) is 1. The van der Waals surface area contributed by atoms with Crippen LogP contribution in [0.1, 0.15) is 36.0 Å². The minimum atomic E-state index is -4.53. The van der Waals surface area contributed by atoms with Gasteiger partial charge in [-0.15, -0.1) is 0 Å². The number of aromatic nitrogens is 1. The van der Waals surface area contributed by atoms with Crippen LogP contribution in [-0.4, -0.2) is 22.5 Å². The van der Waals surface area contributed by atoms with E-state index < -0.39 is 40.1 Å². The zero-order chi connectivity index (χ0) is 22.1. The summed E-state index contributed by atoms with van der Waals surface area (Å²) in [5.74, 6) is -2.26. The number of non-ortho nitro benzene ring substituents is 1. The molecule has 1 heterocycles. The van der Waals surface area contributed by atoms with E-state index >= 15 is 0 Å². The highest BCUT2D eigenvalue weighted by Gasteiger charge is 2.31. The summed E-state index contributed by atoms with van der Waals surface area (Å²) >= 11 is 0. The molecule has 1 aromatic heterocycles. The summed E-state index contributed by atoms with van der Waals surface area (Å²) in [7, 11) is 0. The standard InChI is InChI=1S/C20H16F4N2O4/c1-2-30-18(27)9-14(11-3-5-12(6-4-11)20(22,23)24)16-10-25-19-15(16)7-13(21)8-17(19)26(28)29/h3-8,10,14,25H,2,9H2,1H3. The van der Waals surface area contributed by atoms with Crippen molar-refractivity contribution in [3.63, 3.8) is 0 Å². The van der Waals surface area contributed by atoms with Gasteiger partial charge in [0.25, 0.3) is 5.69 Å². The predicted octanol–water partition coefficient (Wildman–Crippen LogP) is 5.32. The van der Waals surface area contributed by atoms with Crippen LogP contribution in [0.2, 0.25) is 0 Å². The van der Waals surface area contributed by atoms with Crippen molar-refractivity contribution in [1.82, 2.24) is 4.98 Å². The van der Waals surface area contributed by atoms with Gasteiger partial charge in [0, 0.05) is 17.5 Å². The molecule has 10 heteroatoms. The zero-order valence-electron chi connectivity index (χ0n) is 15.6. The van der Waals surface area contributed by atoms with Crippen LogP contribution >= 0.6 is 0 Å². The van der Waals surface area contributed by atoms with Crippen molar-refractivity contribution in [3.05, 3.63) is 75.2 Å². The Bertz CT molecular complexity index is 1090. The molecule has 0 saturated carbocycles. The van der Waals surface area contributed by atoms with Gasteiger partial charge >= 0.3 is 12.1 Å². The number of carbonyl (C=O) groups excluding carboxylic acids is 1. The Kier molecular flexibility index (Phi) is 5.77. The lowest BCUT2D eigenvalue weighted by atomic mass is 9.87. The van der Waals surface area contributed by atoms with E-state index in [9.17, 15) is 32.5 Å². The Balaban J connectivity index is 2.14. The van der Waals surface area contributed by atoms with E-state index in [4.69, 9.17) is 4.74 Å². The van der Waals surface area contributed by atoms with E-state index in [0.29, 0.717) is 11.1 Å². The monoisotopic (exact) mass is 424 g/mol. The van der Waals surface area contributed by atoms with E-state index in [-0.39, 0.29) is 23.9 Å². The Labute approximate surface area is 167 Å². The number of nitro groups is 1. The lowest BCUT2D eigenvalue weighted by Crippen LogP contribution is -2.12. The summed E-state index contributed by atoms with van der Waals surface area (Å²) in [5, 5.41) is 11.4. The Hall–Kier alpha value is -3.43. The second-order valence-corrected chi connectivity index (χ2v) is 6.53. The van der Waals surface area contributed by atoms with E-state index in [2.05, 4.69) is 4.98 Å².